The number of nitrogens with zero attached hydrogens (tertiary/aromatic N) is 1. The molecule has 0 bridgehead atoms. The second-order valence-electron chi connectivity index (χ2n) is 5.78. The number of rotatable bonds is 6. The summed E-state index contributed by atoms with van der Waals surface area (Å²) in [7, 11) is 2.03. The molecular weight excluding hydrogens is 232 g/mol. The van der Waals surface area contributed by atoms with Crippen LogP contribution in [0.1, 0.15) is 44.2 Å². The predicted octanol–water partition coefficient (Wildman–Crippen LogP) is 3.21. The first kappa shape index (κ1) is 14.5. The molecule has 0 aliphatic carbocycles. The molecule has 0 saturated carbocycles. The highest BCUT2D eigenvalue weighted by Gasteiger charge is 2.29. The molecule has 1 N–H and O–H groups in total. The summed E-state index contributed by atoms with van der Waals surface area (Å²) in [5, 5.41) is 3.25. The van der Waals surface area contributed by atoms with Crippen molar-refractivity contribution in [2.24, 2.45) is 0 Å². The van der Waals surface area contributed by atoms with Gasteiger partial charge < -0.3 is 5.32 Å². The molecule has 1 saturated heterocycles. The lowest BCUT2D eigenvalue weighted by Crippen LogP contribution is -2.33. The number of hydrogen-bond acceptors (Lipinski definition) is 2. The minimum absolute atomic E-state index is 0.738. The molecule has 19 heavy (non-hydrogen) atoms. The lowest BCUT2D eigenvalue weighted by Gasteiger charge is -2.28. The van der Waals surface area contributed by atoms with Crippen molar-refractivity contribution >= 4 is 0 Å². The second-order valence-corrected chi connectivity index (χ2v) is 5.78. The van der Waals surface area contributed by atoms with Crippen LogP contribution in [0.4, 0.5) is 0 Å². The van der Waals surface area contributed by atoms with Gasteiger partial charge in [-0.25, -0.2) is 0 Å². The maximum absolute atomic E-state index is 3.25. The molecule has 2 heteroatoms. The van der Waals surface area contributed by atoms with Crippen molar-refractivity contribution in [3.05, 3.63) is 35.4 Å². The van der Waals surface area contributed by atoms with Gasteiger partial charge in [0.2, 0.25) is 0 Å². The van der Waals surface area contributed by atoms with Crippen molar-refractivity contribution in [2.45, 2.75) is 58.2 Å². The zero-order valence-electron chi connectivity index (χ0n) is 12.7. The van der Waals surface area contributed by atoms with Gasteiger partial charge in [0.25, 0.3) is 0 Å². The number of likely N-dealkylation sites (tertiary alicyclic amines) is 1. The third kappa shape index (κ3) is 3.58. The predicted molar refractivity (Wildman–Crippen MR) is 82.4 cm³/mol. The van der Waals surface area contributed by atoms with Crippen molar-refractivity contribution in [3.8, 4) is 0 Å². The van der Waals surface area contributed by atoms with E-state index in [1.54, 1.807) is 0 Å². The van der Waals surface area contributed by atoms with Crippen molar-refractivity contribution in [1.29, 1.82) is 0 Å². The van der Waals surface area contributed by atoms with Crippen LogP contribution in [-0.4, -0.2) is 30.6 Å². The molecule has 1 aromatic carbocycles. The van der Waals surface area contributed by atoms with E-state index in [2.05, 4.69) is 48.3 Å². The summed E-state index contributed by atoms with van der Waals surface area (Å²) in [6.07, 6.45) is 5.14. The van der Waals surface area contributed by atoms with Crippen LogP contribution in [0.3, 0.4) is 0 Å². The van der Waals surface area contributed by atoms with Gasteiger partial charge in [-0.2, -0.15) is 0 Å². The maximum Gasteiger partial charge on any atom is 0.0242 e. The average molecular weight is 260 g/mol. The number of benzene rings is 1. The Labute approximate surface area is 118 Å². The lowest BCUT2D eigenvalue weighted by atomic mass is 10.0. The fourth-order valence-electron chi connectivity index (χ4n) is 3.26. The van der Waals surface area contributed by atoms with Crippen molar-refractivity contribution in [1.82, 2.24) is 10.2 Å². The van der Waals surface area contributed by atoms with Gasteiger partial charge in [0.1, 0.15) is 0 Å². The van der Waals surface area contributed by atoms with Gasteiger partial charge in [0, 0.05) is 18.6 Å². The largest absolute Gasteiger partial charge is 0.319 e. The molecule has 2 rings (SSSR count). The van der Waals surface area contributed by atoms with E-state index in [9.17, 15) is 0 Å². The van der Waals surface area contributed by atoms with Crippen molar-refractivity contribution in [2.75, 3.05) is 13.6 Å². The van der Waals surface area contributed by atoms with Crippen LogP contribution in [-0.2, 0) is 13.0 Å². The molecule has 0 radical (unpaired) electrons. The Balaban J connectivity index is 2.09. The SMILES string of the molecule is CCC1CCC(C)N1Cc1ccccc1CCNC. The normalized spacial score (nSPS) is 23.9. The van der Waals surface area contributed by atoms with Gasteiger partial charge in [-0.05, 0) is 57.3 Å². The van der Waals surface area contributed by atoms with Crippen LogP contribution in [0.5, 0.6) is 0 Å². The van der Waals surface area contributed by atoms with E-state index in [-0.39, 0.29) is 0 Å². The Hall–Kier alpha value is -0.860. The summed E-state index contributed by atoms with van der Waals surface area (Å²) in [6, 6.07) is 10.5. The van der Waals surface area contributed by atoms with Gasteiger partial charge in [-0.1, -0.05) is 31.2 Å². The van der Waals surface area contributed by atoms with Gasteiger partial charge in [-0.3, -0.25) is 4.90 Å². The molecule has 1 heterocycles. The average Bonchev–Trinajstić information content (AvgIpc) is 2.79. The van der Waals surface area contributed by atoms with Gasteiger partial charge >= 0.3 is 0 Å². The molecule has 1 aliphatic heterocycles. The summed E-state index contributed by atoms with van der Waals surface area (Å²) in [5.74, 6) is 0. The Kier molecular flexibility index (Phi) is 5.41. The molecular formula is C17H28N2. The minimum Gasteiger partial charge on any atom is -0.319 e. The summed E-state index contributed by atoms with van der Waals surface area (Å²) in [5.41, 5.74) is 3.02. The lowest BCUT2D eigenvalue weighted by molar-refractivity contribution is 0.189. The van der Waals surface area contributed by atoms with E-state index in [1.807, 2.05) is 7.05 Å². The topological polar surface area (TPSA) is 15.3 Å². The van der Waals surface area contributed by atoms with Gasteiger partial charge in [0.05, 0.1) is 0 Å². The smallest absolute Gasteiger partial charge is 0.0242 e. The van der Waals surface area contributed by atoms with E-state index < -0.39 is 0 Å². The Bertz CT molecular complexity index is 389. The van der Waals surface area contributed by atoms with E-state index in [0.29, 0.717) is 0 Å². The minimum atomic E-state index is 0.738. The van der Waals surface area contributed by atoms with E-state index in [0.717, 1.165) is 31.6 Å². The third-order valence-corrected chi connectivity index (χ3v) is 4.54. The maximum atomic E-state index is 3.25. The molecule has 1 aromatic rings. The van der Waals surface area contributed by atoms with Gasteiger partial charge in [0.15, 0.2) is 0 Å². The van der Waals surface area contributed by atoms with Crippen LogP contribution < -0.4 is 5.32 Å². The molecule has 2 nitrogen and oxygen atoms in total. The Morgan fingerprint density at radius 1 is 1.21 bits per heavy atom. The summed E-state index contributed by atoms with van der Waals surface area (Å²) < 4.78 is 0. The molecule has 2 atom stereocenters. The van der Waals surface area contributed by atoms with E-state index >= 15 is 0 Å². The zero-order valence-corrected chi connectivity index (χ0v) is 12.7. The fraction of sp³-hybridized carbons (Fsp3) is 0.647. The molecule has 106 valence electrons. The van der Waals surface area contributed by atoms with Crippen LogP contribution in [0.2, 0.25) is 0 Å². The standard InChI is InChI=1S/C17H28N2/c1-4-17-10-9-14(2)19(17)13-16-8-6-5-7-15(16)11-12-18-3/h5-8,14,17-18H,4,9-13H2,1-3H3. The summed E-state index contributed by atoms with van der Waals surface area (Å²) in [4.78, 5) is 2.71. The monoisotopic (exact) mass is 260 g/mol. The van der Waals surface area contributed by atoms with Gasteiger partial charge in [-0.15, -0.1) is 0 Å². The number of nitrogens with one attached hydrogen (secondary N) is 1. The van der Waals surface area contributed by atoms with E-state index in [4.69, 9.17) is 0 Å². The molecule has 0 spiro atoms. The van der Waals surface area contributed by atoms with Crippen molar-refractivity contribution < 1.29 is 0 Å². The highest BCUT2D eigenvalue weighted by molar-refractivity contribution is 5.27. The Morgan fingerprint density at radius 3 is 2.63 bits per heavy atom. The molecule has 0 aromatic heterocycles. The zero-order chi connectivity index (χ0) is 13.7. The van der Waals surface area contributed by atoms with Crippen LogP contribution >= 0.6 is 0 Å². The highest BCUT2D eigenvalue weighted by Crippen LogP contribution is 2.28. The molecule has 1 aliphatic rings. The number of likely N-dealkylation sites (N-methyl/N-ethyl adjacent to an activating group) is 1. The molecule has 2 unspecified atom stereocenters. The highest BCUT2D eigenvalue weighted by atomic mass is 15.2. The van der Waals surface area contributed by atoms with Crippen molar-refractivity contribution in [3.63, 3.8) is 0 Å². The number of hydrogen-bond donors (Lipinski definition) is 1. The van der Waals surface area contributed by atoms with E-state index in [1.165, 1.54) is 30.4 Å². The third-order valence-electron chi connectivity index (χ3n) is 4.54. The first-order valence-corrected chi connectivity index (χ1v) is 7.73. The van der Waals surface area contributed by atoms with Crippen LogP contribution in [0, 0.1) is 0 Å². The summed E-state index contributed by atoms with van der Waals surface area (Å²) >= 11 is 0. The first-order valence-electron chi connectivity index (χ1n) is 7.73. The van der Waals surface area contributed by atoms with Crippen LogP contribution in [0.15, 0.2) is 24.3 Å². The molecule has 1 fully saturated rings. The second kappa shape index (κ2) is 7.06. The quantitative estimate of drug-likeness (QED) is 0.845. The van der Waals surface area contributed by atoms with Crippen LogP contribution in [0.25, 0.3) is 0 Å². The summed E-state index contributed by atoms with van der Waals surface area (Å²) in [6.45, 7) is 6.89. The molecule has 0 amide bonds. The first-order chi connectivity index (χ1) is 9.26. The fourth-order valence-corrected chi connectivity index (χ4v) is 3.26. The Morgan fingerprint density at radius 2 is 1.95 bits per heavy atom.